The van der Waals surface area contributed by atoms with Crippen molar-refractivity contribution in [2.24, 2.45) is 5.92 Å². The van der Waals surface area contributed by atoms with Crippen LogP contribution in [0.25, 0.3) is 11.2 Å². The minimum Gasteiger partial charge on any atom is -0.307 e. The van der Waals surface area contributed by atoms with E-state index in [-0.39, 0.29) is 24.3 Å². The summed E-state index contributed by atoms with van der Waals surface area (Å²) in [4.78, 5) is 28.9. The summed E-state index contributed by atoms with van der Waals surface area (Å²) in [7, 11) is 0. The Morgan fingerprint density at radius 2 is 2.15 bits per heavy atom. The van der Waals surface area contributed by atoms with Crippen molar-refractivity contribution in [2.45, 2.75) is 39.2 Å². The van der Waals surface area contributed by atoms with Crippen LogP contribution in [0.4, 0.5) is 0 Å². The number of pyridine rings is 1. The van der Waals surface area contributed by atoms with Gasteiger partial charge in [0.1, 0.15) is 12.2 Å². The number of ketones is 1. The quantitative estimate of drug-likeness (QED) is 0.700. The van der Waals surface area contributed by atoms with E-state index in [0.29, 0.717) is 5.92 Å². The van der Waals surface area contributed by atoms with Gasteiger partial charge in [0.15, 0.2) is 5.78 Å². The number of carbonyl (C=O) groups excluding carboxylic acids is 1. The predicted molar refractivity (Wildman–Crippen MR) is 103 cm³/mol. The summed E-state index contributed by atoms with van der Waals surface area (Å²) in [6, 6.07) is 7.05. The van der Waals surface area contributed by atoms with Crippen LogP contribution in [0.1, 0.15) is 37.4 Å². The average Bonchev–Trinajstić information content (AvgIpc) is 3.12. The van der Waals surface area contributed by atoms with Gasteiger partial charge in [0.05, 0.1) is 5.69 Å². The standard InChI is InChI=1S/C21H22N4O2/c1-15-2-4-17(5-3-15)19-6-7-21(27)25(23-19)14-18(26)12-16-8-10-24-11-9-22-20(24)13-16/h4,6-11,13,15H,2-3,5,12,14H2,1H3. The van der Waals surface area contributed by atoms with Gasteiger partial charge in [0.25, 0.3) is 5.56 Å². The fourth-order valence-electron chi connectivity index (χ4n) is 3.44. The van der Waals surface area contributed by atoms with Gasteiger partial charge in [0, 0.05) is 31.1 Å². The van der Waals surface area contributed by atoms with Crippen LogP contribution in [-0.4, -0.2) is 24.9 Å². The van der Waals surface area contributed by atoms with E-state index in [1.807, 2.05) is 28.9 Å². The van der Waals surface area contributed by atoms with E-state index >= 15 is 0 Å². The zero-order chi connectivity index (χ0) is 18.8. The molecule has 1 unspecified atom stereocenters. The average molecular weight is 362 g/mol. The molecule has 4 rings (SSSR count). The topological polar surface area (TPSA) is 69.3 Å². The molecule has 0 aromatic carbocycles. The SMILES string of the molecule is CC1CC=C(c2ccc(=O)n(CC(=O)Cc3ccn4ccnc4c3)n2)CC1. The van der Waals surface area contributed by atoms with E-state index in [9.17, 15) is 9.59 Å². The Hall–Kier alpha value is -3.02. The highest BCUT2D eigenvalue weighted by molar-refractivity contribution is 5.80. The van der Waals surface area contributed by atoms with Gasteiger partial charge in [-0.25, -0.2) is 9.67 Å². The molecule has 0 fully saturated rings. The third kappa shape index (κ3) is 3.89. The monoisotopic (exact) mass is 362 g/mol. The van der Waals surface area contributed by atoms with Crippen LogP contribution < -0.4 is 5.56 Å². The molecule has 0 amide bonds. The van der Waals surface area contributed by atoms with E-state index in [2.05, 4.69) is 23.1 Å². The van der Waals surface area contributed by atoms with Crippen LogP contribution >= 0.6 is 0 Å². The number of hydrogen-bond acceptors (Lipinski definition) is 4. The molecule has 1 aliphatic carbocycles. The minimum absolute atomic E-state index is 0.0179. The summed E-state index contributed by atoms with van der Waals surface area (Å²) in [6.07, 6.45) is 11.0. The second kappa shape index (κ2) is 7.31. The second-order valence-corrected chi connectivity index (χ2v) is 7.27. The minimum atomic E-state index is -0.249. The lowest BCUT2D eigenvalue weighted by atomic mass is 9.90. The highest BCUT2D eigenvalue weighted by Gasteiger charge is 2.14. The molecule has 0 bridgehead atoms. The molecule has 27 heavy (non-hydrogen) atoms. The molecular weight excluding hydrogens is 340 g/mol. The smallest absolute Gasteiger partial charge is 0.267 e. The van der Waals surface area contributed by atoms with Crippen LogP contribution in [0.2, 0.25) is 0 Å². The molecule has 1 atom stereocenters. The maximum absolute atomic E-state index is 12.5. The normalized spacial score (nSPS) is 17.1. The molecular formula is C21H22N4O2. The van der Waals surface area contributed by atoms with E-state index in [4.69, 9.17) is 0 Å². The first-order chi connectivity index (χ1) is 13.1. The lowest BCUT2D eigenvalue weighted by Crippen LogP contribution is -2.27. The summed E-state index contributed by atoms with van der Waals surface area (Å²) < 4.78 is 3.17. The number of allylic oxidation sites excluding steroid dienone is 2. The fraction of sp³-hybridized carbons (Fsp3) is 0.333. The van der Waals surface area contributed by atoms with Gasteiger partial charge < -0.3 is 4.40 Å². The molecule has 0 aliphatic heterocycles. The second-order valence-electron chi connectivity index (χ2n) is 7.27. The number of Topliss-reactive ketones (excluding diaryl/α,β-unsaturated/α-hetero) is 1. The first-order valence-corrected chi connectivity index (χ1v) is 9.29. The fourth-order valence-corrected chi connectivity index (χ4v) is 3.44. The lowest BCUT2D eigenvalue weighted by Gasteiger charge is -2.18. The molecule has 138 valence electrons. The van der Waals surface area contributed by atoms with Crippen LogP contribution in [0.3, 0.4) is 0 Å². The Morgan fingerprint density at radius 3 is 2.96 bits per heavy atom. The summed E-state index contributed by atoms with van der Waals surface area (Å²) in [6.45, 7) is 2.22. The van der Waals surface area contributed by atoms with Crippen molar-refractivity contribution in [1.82, 2.24) is 19.2 Å². The Balaban J connectivity index is 1.50. The molecule has 0 spiro atoms. The molecule has 0 N–H and O–H groups in total. The predicted octanol–water partition coefficient (Wildman–Crippen LogP) is 2.91. The van der Waals surface area contributed by atoms with Gasteiger partial charge in [-0.2, -0.15) is 5.10 Å². The van der Waals surface area contributed by atoms with E-state index < -0.39 is 0 Å². The van der Waals surface area contributed by atoms with Crippen molar-refractivity contribution in [3.05, 3.63) is 70.5 Å². The molecule has 3 heterocycles. The third-order valence-electron chi connectivity index (χ3n) is 5.06. The molecule has 0 saturated heterocycles. The number of aromatic nitrogens is 4. The maximum atomic E-state index is 12.5. The van der Waals surface area contributed by atoms with Crippen LogP contribution in [0.15, 0.2) is 53.7 Å². The van der Waals surface area contributed by atoms with Gasteiger partial charge in [-0.3, -0.25) is 9.59 Å². The molecule has 3 aromatic rings. The van der Waals surface area contributed by atoms with Crippen molar-refractivity contribution in [3.63, 3.8) is 0 Å². The Kier molecular flexibility index (Phi) is 4.71. The van der Waals surface area contributed by atoms with Crippen molar-refractivity contribution in [2.75, 3.05) is 0 Å². The zero-order valence-electron chi connectivity index (χ0n) is 15.3. The number of rotatable bonds is 5. The maximum Gasteiger partial charge on any atom is 0.267 e. The molecule has 6 nitrogen and oxygen atoms in total. The van der Waals surface area contributed by atoms with E-state index in [1.54, 1.807) is 12.3 Å². The Bertz CT molecular complexity index is 1080. The number of carbonyl (C=O) groups is 1. The van der Waals surface area contributed by atoms with Crippen molar-refractivity contribution >= 4 is 17.0 Å². The lowest BCUT2D eigenvalue weighted by molar-refractivity contribution is -0.119. The van der Waals surface area contributed by atoms with Crippen LogP contribution in [-0.2, 0) is 17.8 Å². The van der Waals surface area contributed by atoms with Crippen LogP contribution in [0.5, 0.6) is 0 Å². The highest BCUT2D eigenvalue weighted by Crippen LogP contribution is 2.28. The van der Waals surface area contributed by atoms with Crippen LogP contribution in [0, 0.1) is 5.92 Å². The number of imidazole rings is 1. The van der Waals surface area contributed by atoms with Gasteiger partial charge >= 0.3 is 0 Å². The molecule has 6 heteroatoms. The van der Waals surface area contributed by atoms with Gasteiger partial charge in [0.2, 0.25) is 0 Å². The van der Waals surface area contributed by atoms with Crippen molar-refractivity contribution < 1.29 is 4.79 Å². The molecule has 1 aliphatic rings. The molecule has 3 aromatic heterocycles. The first kappa shape index (κ1) is 17.4. The Labute approximate surface area is 157 Å². The summed E-state index contributed by atoms with van der Waals surface area (Å²) in [5.41, 5.74) is 3.40. The van der Waals surface area contributed by atoms with Gasteiger partial charge in [-0.1, -0.05) is 13.0 Å². The number of hydrogen-bond donors (Lipinski definition) is 0. The summed E-state index contributed by atoms with van der Waals surface area (Å²) in [5, 5.41) is 4.44. The molecule has 0 saturated carbocycles. The first-order valence-electron chi connectivity index (χ1n) is 9.29. The van der Waals surface area contributed by atoms with E-state index in [0.717, 1.165) is 36.2 Å². The summed E-state index contributed by atoms with van der Waals surface area (Å²) >= 11 is 0. The third-order valence-corrected chi connectivity index (χ3v) is 5.06. The highest BCUT2D eigenvalue weighted by atomic mass is 16.1. The van der Waals surface area contributed by atoms with Crippen molar-refractivity contribution in [3.8, 4) is 0 Å². The molecule has 0 radical (unpaired) electrons. The van der Waals surface area contributed by atoms with Gasteiger partial charge in [-0.15, -0.1) is 0 Å². The van der Waals surface area contributed by atoms with Gasteiger partial charge in [-0.05, 0) is 54.5 Å². The number of fused-ring (bicyclic) bond motifs is 1. The summed E-state index contributed by atoms with van der Waals surface area (Å²) in [5.74, 6) is 0.637. The zero-order valence-corrected chi connectivity index (χ0v) is 15.3. The Morgan fingerprint density at radius 1 is 1.26 bits per heavy atom. The number of nitrogens with zero attached hydrogens (tertiary/aromatic N) is 4. The largest absolute Gasteiger partial charge is 0.307 e. The van der Waals surface area contributed by atoms with Crippen molar-refractivity contribution in [1.29, 1.82) is 0 Å². The van der Waals surface area contributed by atoms with E-state index in [1.165, 1.54) is 16.3 Å².